The highest BCUT2D eigenvalue weighted by atomic mass is 16.5. The highest BCUT2D eigenvalue weighted by molar-refractivity contribution is 5.39. The number of ether oxygens (including phenoxy) is 1. The third-order valence-electron chi connectivity index (χ3n) is 3.98. The summed E-state index contributed by atoms with van der Waals surface area (Å²) in [5, 5.41) is 3.80. The second-order valence-electron chi connectivity index (χ2n) is 6.21. The molecule has 1 aromatic rings. The molecule has 2 unspecified atom stereocenters. The number of methoxy groups -OCH3 is 1. The molecule has 0 fully saturated rings. The number of rotatable bonds is 5. The molecular weight excluding hydrogens is 234 g/mol. The summed E-state index contributed by atoms with van der Waals surface area (Å²) >= 11 is 0. The Morgan fingerprint density at radius 3 is 2.79 bits per heavy atom. The minimum atomic E-state index is 0.493. The van der Waals surface area contributed by atoms with Gasteiger partial charge in [0.1, 0.15) is 5.75 Å². The van der Waals surface area contributed by atoms with E-state index in [2.05, 4.69) is 44.3 Å². The standard InChI is InChI=1S/C17H27NO/c1-12(2)10-13(3)18-17-7-5-6-14-8-9-15(19-4)11-16(14)17/h8-9,11-13,17-18H,5-7,10H2,1-4H3. The van der Waals surface area contributed by atoms with Crippen LogP contribution in [0.25, 0.3) is 0 Å². The topological polar surface area (TPSA) is 21.3 Å². The van der Waals surface area contributed by atoms with Crippen LogP contribution in [0.3, 0.4) is 0 Å². The van der Waals surface area contributed by atoms with Gasteiger partial charge >= 0.3 is 0 Å². The lowest BCUT2D eigenvalue weighted by atomic mass is 9.87. The summed E-state index contributed by atoms with van der Waals surface area (Å²) in [6.07, 6.45) is 4.96. The van der Waals surface area contributed by atoms with Crippen LogP contribution in [0.15, 0.2) is 18.2 Å². The minimum Gasteiger partial charge on any atom is -0.497 e. The zero-order valence-electron chi connectivity index (χ0n) is 12.7. The van der Waals surface area contributed by atoms with Crippen molar-refractivity contribution in [1.29, 1.82) is 0 Å². The van der Waals surface area contributed by atoms with Crippen molar-refractivity contribution < 1.29 is 4.74 Å². The summed E-state index contributed by atoms with van der Waals surface area (Å²) in [7, 11) is 1.74. The second kappa shape index (κ2) is 6.42. The van der Waals surface area contributed by atoms with Crippen molar-refractivity contribution in [3.63, 3.8) is 0 Å². The summed E-state index contributed by atoms with van der Waals surface area (Å²) in [5.41, 5.74) is 2.93. The van der Waals surface area contributed by atoms with Crippen molar-refractivity contribution in [1.82, 2.24) is 5.32 Å². The van der Waals surface area contributed by atoms with Gasteiger partial charge in [-0.05, 0) is 61.8 Å². The summed E-state index contributed by atoms with van der Waals surface area (Å²) in [6.45, 7) is 6.88. The van der Waals surface area contributed by atoms with Crippen LogP contribution in [0.4, 0.5) is 0 Å². The molecule has 1 N–H and O–H groups in total. The molecule has 0 aliphatic heterocycles. The summed E-state index contributed by atoms with van der Waals surface area (Å²) in [6, 6.07) is 7.59. The van der Waals surface area contributed by atoms with Crippen molar-refractivity contribution in [3.8, 4) is 5.75 Å². The van der Waals surface area contributed by atoms with Gasteiger partial charge in [-0.1, -0.05) is 19.9 Å². The highest BCUT2D eigenvalue weighted by Gasteiger charge is 2.22. The molecular formula is C17H27NO. The van der Waals surface area contributed by atoms with Gasteiger partial charge in [0, 0.05) is 12.1 Å². The van der Waals surface area contributed by atoms with Crippen molar-refractivity contribution in [2.75, 3.05) is 7.11 Å². The van der Waals surface area contributed by atoms with E-state index in [-0.39, 0.29) is 0 Å². The summed E-state index contributed by atoms with van der Waals surface area (Å²) in [5.74, 6) is 1.72. The molecule has 2 heteroatoms. The van der Waals surface area contributed by atoms with Crippen LogP contribution in [0, 0.1) is 5.92 Å². The smallest absolute Gasteiger partial charge is 0.119 e. The fourth-order valence-corrected chi connectivity index (χ4v) is 3.20. The Bertz CT molecular complexity index is 414. The molecule has 0 aromatic heterocycles. The SMILES string of the molecule is COc1ccc2c(c1)C(NC(C)CC(C)C)CCC2. The Balaban J connectivity index is 2.12. The fourth-order valence-electron chi connectivity index (χ4n) is 3.20. The number of nitrogens with one attached hydrogen (secondary N) is 1. The Labute approximate surface area is 117 Å². The Morgan fingerprint density at radius 2 is 2.11 bits per heavy atom. The van der Waals surface area contributed by atoms with Crippen LogP contribution in [0.1, 0.15) is 57.2 Å². The zero-order valence-corrected chi connectivity index (χ0v) is 12.7. The minimum absolute atomic E-state index is 0.493. The molecule has 1 aromatic carbocycles. The summed E-state index contributed by atoms with van der Waals surface area (Å²) < 4.78 is 5.37. The Hall–Kier alpha value is -1.02. The molecule has 0 saturated carbocycles. The number of hydrogen-bond donors (Lipinski definition) is 1. The first kappa shape index (κ1) is 14.4. The number of benzene rings is 1. The maximum atomic E-state index is 5.37. The van der Waals surface area contributed by atoms with E-state index < -0.39 is 0 Å². The van der Waals surface area contributed by atoms with Gasteiger partial charge in [0.05, 0.1) is 7.11 Å². The van der Waals surface area contributed by atoms with Gasteiger partial charge in [0.25, 0.3) is 0 Å². The lowest BCUT2D eigenvalue weighted by Gasteiger charge is -2.30. The molecule has 0 amide bonds. The normalized spacial score (nSPS) is 20.2. The van der Waals surface area contributed by atoms with E-state index in [1.54, 1.807) is 7.11 Å². The first-order valence-corrected chi connectivity index (χ1v) is 7.53. The van der Waals surface area contributed by atoms with E-state index >= 15 is 0 Å². The van der Waals surface area contributed by atoms with Crippen LogP contribution < -0.4 is 10.1 Å². The van der Waals surface area contributed by atoms with E-state index in [1.807, 2.05) is 0 Å². The van der Waals surface area contributed by atoms with Gasteiger partial charge in [-0.25, -0.2) is 0 Å². The van der Waals surface area contributed by atoms with Crippen molar-refractivity contribution in [2.45, 2.75) is 58.5 Å². The van der Waals surface area contributed by atoms with Gasteiger partial charge in [0.15, 0.2) is 0 Å². The second-order valence-corrected chi connectivity index (χ2v) is 6.21. The monoisotopic (exact) mass is 261 g/mol. The van der Waals surface area contributed by atoms with E-state index in [0.29, 0.717) is 12.1 Å². The van der Waals surface area contributed by atoms with Crippen molar-refractivity contribution in [3.05, 3.63) is 29.3 Å². The average Bonchev–Trinajstić information content (AvgIpc) is 2.37. The number of aryl methyl sites for hydroxylation is 1. The quantitative estimate of drug-likeness (QED) is 0.861. The Kier molecular flexibility index (Phi) is 4.87. The molecule has 2 nitrogen and oxygen atoms in total. The fraction of sp³-hybridized carbons (Fsp3) is 0.647. The van der Waals surface area contributed by atoms with Gasteiger partial charge in [-0.15, -0.1) is 0 Å². The van der Waals surface area contributed by atoms with Crippen LogP contribution in [-0.4, -0.2) is 13.2 Å². The van der Waals surface area contributed by atoms with Crippen LogP contribution in [0.2, 0.25) is 0 Å². The lowest BCUT2D eigenvalue weighted by molar-refractivity contribution is 0.364. The molecule has 1 aliphatic rings. The first-order chi connectivity index (χ1) is 9.10. The first-order valence-electron chi connectivity index (χ1n) is 7.53. The molecule has 0 saturated heterocycles. The van der Waals surface area contributed by atoms with E-state index in [0.717, 1.165) is 11.7 Å². The summed E-state index contributed by atoms with van der Waals surface area (Å²) in [4.78, 5) is 0. The molecule has 0 bridgehead atoms. The molecule has 0 heterocycles. The van der Waals surface area contributed by atoms with Crippen LogP contribution >= 0.6 is 0 Å². The molecule has 2 atom stereocenters. The van der Waals surface area contributed by atoms with Crippen LogP contribution in [-0.2, 0) is 6.42 Å². The third-order valence-corrected chi connectivity index (χ3v) is 3.98. The van der Waals surface area contributed by atoms with E-state index in [1.165, 1.54) is 36.8 Å². The molecule has 106 valence electrons. The molecule has 2 rings (SSSR count). The van der Waals surface area contributed by atoms with Gasteiger partial charge in [0.2, 0.25) is 0 Å². The van der Waals surface area contributed by atoms with E-state index in [9.17, 15) is 0 Å². The molecule has 0 spiro atoms. The molecule has 19 heavy (non-hydrogen) atoms. The zero-order chi connectivity index (χ0) is 13.8. The maximum absolute atomic E-state index is 5.37. The third kappa shape index (κ3) is 3.73. The number of hydrogen-bond acceptors (Lipinski definition) is 2. The predicted octanol–water partition coefficient (Wildman–Crippen LogP) is 4.10. The largest absolute Gasteiger partial charge is 0.497 e. The molecule has 1 aliphatic carbocycles. The average molecular weight is 261 g/mol. The van der Waals surface area contributed by atoms with Gasteiger partial charge in [-0.2, -0.15) is 0 Å². The maximum Gasteiger partial charge on any atom is 0.119 e. The molecule has 0 radical (unpaired) electrons. The highest BCUT2D eigenvalue weighted by Crippen LogP contribution is 2.33. The number of fused-ring (bicyclic) bond motifs is 1. The predicted molar refractivity (Wildman–Crippen MR) is 80.7 cm³/mol. The lowest BCUT2D eigenvalue weighted by Crippen LogP contribution is -2.33. The van der Waals surface area contributed by atoms with Gasteiger partial charge < -0.3 is 10.1 Å². The Morgan fingerprint density at radius 1 is 1.32 bits per heavy atom. The van der Waals surface area contributed by atoms with Gasteiger partial charge in [-0.3, -0.25) is 0 Å². The van der Waals surface area contributed by atoms with E-state index in [4.69, 9.17) is 4.74 Å². The van der Waals surface area contributed by atoms with Crippen LogP contribution in [0.5, 0.6) is 5.75 Å². The van der Waals surface area contributed by atoms with Crippen molar-refractivity contribution >= 4 is 0 Å². The van der Waals surface area contributed by atoms with Crippen molar-refractivity contribution in [2.24, 2.45) is 5.92 Å².